The monoisotopic (exact) mass is 475 g/mol. The minimum absolute atomic E-state index is 0.0532. The number of nitrogens with zero attached hydrogens (tertiary/aromatic N) is 3. The zero-order valence-electron chi connectivity index (χ0n) is 17.9. The van der Waals surface area contributed by atoms with Gasteiger partial charge in [0.25, 0.3) is 0 Å². The van der Waals surface area contributed by atoms with E-state index in [1.807, 2.05) is 6.20 Å². The Hall–Kier alpha value is -2.55. The summed E-state index contributed by atoms with van der Waals surface area (Å²) < 4.78 is 44.3. The average molecular weight is 476 g/mol. The molecule has 5 rings (SSSR count). The van der Waals surface area contributed by atoms with E-state index >= 15 is 0 Å². The lowest BCUT2D eigenvalue weighted by atomic mass is 9.82. The number of aromatic nitrogens is 3. The topological polar surface area (TPSA) is 68.0 Å². The van der Waals surface area contributed by atoms with Crippen LogP contribution in [0.15, 0.2) is 35.7 Å². The van der Waals surface area contributed by atoms with E-state index in [0.29, 0.717) is 23.4 Å². The van der Waals surface area contributed by atoms with Gasteiger partial charge in [0.2, 0.25) is 5.92 Å². The van der Waals surface area contributed by atoms with E-state index < -0.39 is 17.7 Å². The van der Waals surface area contributed by atoms with Crippen LogP contribution in [-0.4, -0.2) is 31.5 Å². The Morgan fingerprint density at radius 3 is 2.82 bits per heavy atom. The fourth-order valence-corrected chi connectivity index (χ4v) is 5.42. The highest BCUT2D eigenvalue weighted by molar-refractivity contribution is 7.98. The van der Waals surface area contributed by atoms with Crippen LogP contribution in [-0.2, 0) is 17.0 Å². The van der Waals surface area contributed by atoms with Crippen LogP contribution in [0.3, 0.4) is 0 Å². The second kappa shape index (κ2) is 8.66. The second-order valence-corrected chi connectivity index (χ2v) is 9.99. The van der Waals surface area contributed by atoms with Gasteiger partial charge in [-0.3, -0.25) is 4.79 Å². The van der Waals surface area contributed by atoms with Crippen molar-refractivity contribution in [1.29, 1.82) is 0 Å². The molecule has 2 aliphatic rings. The van der Waals surface area contributed by atoms with Crippen molar-refractivity contribution in [3.05, 3.63) is 53.1 Å². The Labute approximate surface area is 193 Å². The van der Waals surface area contributed by atoms with Crippen LogP contribution in [0, 0.1) is 5.82 Å². The molecule has 174 valence electrons. The molecule has 9 heteroatoms. The van der Waals surface area contributed by atoms with Gasteiger partial charge in [-0.1, -0.05) is 23.9 Å². The number of hydrogen-bond acceptors (Lipinski definition) is 4. The minimum Gasteiger partial charge on any atom is -0.481 e. The number of carboxylic acid groups (broad SMARTS) is 1. The molecule has 0 bridgehead atoms. The molecular weight excluding hydrogens is 451 g/mol. The summed E-state index contributed by atoms with van der Waals surface area (Å²) >= 11 is 1.36. The van der Waals surface area contributed by atoms with Crippen molar-refractivity contribution in [2.45, 2.75) is 73.7 Å². The number of thioether (sulfide) groups is 1. The van der Waals surface area contributed by atoms with Gasteiger partial charge in [0.15, 0.2) is 5.16 Å². The first-order valence-corrected chi connectivity index (χ1v) is 12.1. The summed E-state index contributed by atoms with van der Waals surface area (Å²) in [5.41, 5.74) is 3.41. The van der Waals surface area contributed by atoms with Crippen molar-refractivity contribution in [2.75, 3.05) is 0 Å². The standard InChI is InChI=1S/C24H24F3N3O2S/c25-19-6-3-14(8-16(19)9-21(31)32)13-33-23-28-11-20-22(29-23)18(12-30(20)17-4-5-17)15-2-1-7-24(26,27)10-15/h3,6,8,11-12,15,17H,1-2,4-5,7,9-10,13H2,(H,31,32). The maximum Gasteiger partial charge on any atom is 0.307 e. The van der Waals surface area contributed by atoms with E-state index in [-0.39, 0.29) is 30.7 Å². The number of halogens is 3. The quantitative estimate of drug-likeness (QED) is 0.329. The third-order valence-corrected chi connectivity index (χ3v) is 7.35. The van der Waals surface area contributed by atoms with Crippen LogP contribution in [0.2, 0.25) is 0 Å². The lowest BCUT2D eigenvalue weighted by Gasteiger charge is -2.28. The molecule has 3 aromatic rings. The van der Waals surface area contributed by atoms with Gasteiger partial charge in [0.05, 0.1) is 23.7 Å². The highest BCUT2D eigenvalue weighted by Crippen LogP contribution is 2.46. The second-order valence-electron chi connectivity index (χ2n) is 9.04. The van der Waals surface area contributed by atoms with E-state index in [9.17, 15) is 18.0 Å². The molecule has 0 amide bonds. The predicted octanol–water partition coefficient (Wildman–Crippen LogP) is 6.12. The molecule has 0 radical (unpaired) electrons. The molecule has 1 aromatic carbocycles. The first-order chi connectivity index (χ1) is 15.8. The van der Waals surface area contributed by atoms with E-state index in [0.717, 1.165) is 41.4 Å². The first-order valence-electron chi connectivity index (χ1n) is 11.2. The molecule has 2 aliphatic carbocycles. The summed E-state index contributed by atoms with van der Waals surface area (Å²) in [6.45, 7) is 0. The molecule has 1 atom stereocenters. The predicted molar refractivity (Wildman–Crippen MR) is 119 cm³/mol. The summed E-state index contributed by atoms with van der Waals surface area (Å²) in [6, 6.07) is 4.83. The van der Waals surface area contributed by atoms with Crippen LogP contribution < -0.4 is 0 Å². The van der Waals surface area contributed by atoms with Crippen LogP contribution >= 0.6 is 11.8 Å². The molecule has 2 fully saturated rings. The molecule has 2 heterocycles. The van der Waals surface area contributed by atoms with E-state index in [1.54, 1.807) is 18.3 Å². The van der Waals surface area contributed by atoms with Gasteiger partial charge >= 0.3 is 5.97 Å². The van der Waals surface area contributed by atoms with Crippen LogP contribution in [0.25, 0.3) is 11.0 Å². The maximum absolute atomic E-state index is 14.1. The van der Waals surface area contributed by atoms with Crippen LogP contribution in [0.5, 0.6) is 0 Å². The van der Waals surface area contributed by atoms with Gasteiger partial charge in [-0.25, -0.2) is 23.1 Å². The van der Waals surface area contributed by atoms with Gasteiger partial charge in [-0.2, -0.15) is 0 Å². The zero-order valence-corrected chi connectivity index (χ0v) is 18.8. The summed E-state index contributed by atoms with van der Waals surface area (Å²) in [5.74, 6) is -4.05. The van der Waals surface area contributed by atoms with Crippen LogP contribution in [0.4, 0.5) is 13.2 Å². The fourth-order valence-electron chi connectivity index (χ4n) is 4.67. The number of hydrogen-bond donors (Lipinski definition) is 1. The van der Waals surface area contributed by atoms with Crippen molar-refractivity contribution in [3.8, 4) is 0 Å². The number of fused-ring (bicyclic) bond motifs is 1. The molecule has 2 saturated carbocycles. The van der Waals surface area contributed by atoms with Crippen molar-refractivity contribution < 1.29 is 23.1 Å². The Morgan fingerprint density at radius 2 is 2.09 bits per heavy atom. The van der Waals surface area contributed by atoms with Gasteiger partial charge in [-0.15, -0.1) is 0 Å². The highest BCUT2D eigenvalue weighted by Gasteiger charge is 2.38. The highest BCUT2D eigenvalue weighted by atomic mass is 32.2. The summed E-state index contributed by atoms with van der Waals surface area (Å²) in [6.07, 6.45) is 6.58. The molecule has 0 saturated heterocycles. The molecule has 0 aliphatic heterocycles. The Balaban J connectivity index is 1.41. The number of carbonyl (C=O) groups is 1. The van der Waals surface area contributed by atoms with Gasteiger partial charge in [0, 0.05) is 30.8 Å². The maximum atomic E-state index is 14.1. The van der Waals surface area contributed by atoms with Gasteiger partial charge < -0.3 is 9.67 Å². The average Bonchev–Trinajstić information content (AvgIpc) is 3.53. The molecule has 0 spiro atoms. The molecular formula is C24H24F3N3O2S. The van der Waals surface area contributed by atoms with Gasteiger partial charge in [-0.05, 0) is 54.4 Å². The van der Waals surface area contributed by atoms with Crippen molar-refractivity contribution in [1.82, 2.24) is 14.5 Å². The van der Waals surface area contributed by atoms with E-state index in [1.165, 1.54) is 17.8 Å². The first kappa shape index (κ1) is 22.3. The normalized spacial score (nSPS) is 20.3. The van der Waals surface area contributed by atoms with Gasteiger partial charge in [0.1, 0.15) is 5.82 Å². The molecule has 33 heavy (non-hydrogen) atoms. The molecule has 2 aromatic heterocycles. The fraction of sp³-hybridized carbons (Fsp3) is 0.458. The smallest absolute Gasteiger partial charge is 0.307 e. The van der Waals surface area contributed by atoms with Crippen molar-refractivity contribution >= 4 is 28.8 Å². The molecule has 1 N–H and O–H groups in total. The zero-order chi connectivity index (χ0) is 23.2. The number of rotatable bonds is 7. The third kappa shape index (κ3) is 4.88. The van der Waals surface area contributed by atoms with Crippen molar-refractivity contribution in [3.63, 3.8) is 0 Å². The van der Waals surface area contributed by atoms with Crippen molar-refractivity contribution in [2.24, 2.45) is 0 Å². The molecule has 5 nitrogen and oxygen atoms in total. The summed E-state index contributed by atoms with van der Waals surface area (Å²) in [5, 5.41) is 9.48. The Morgan fingerprint density at radius 1 is 1.27 bits per heavy atom. The minimum atomic E-state index is -2.64. The SMILES string of the molecule is O=C(O)Cc1cc(CSc2ncc3c(n2)c(C2CCCC(F)(F)C2)cn3C2CC2)ccc1F. The van der Waals surface area contributed by atoms with Crippen LogP contribution in [0.1, 0.15) is 67.2 Å². The summed E-state index contributed by atoms with van der Waals surface area (Å²) in [4.78, 5) is 20.2. The number of aliphatic carboxylic acids is 1. The Kier molecular flexibility index (Phi) is 5.84. The van der Waals surface area contributed by atoms with E-state index in [4.69, 9.17) is 10.1 Å². The summed E-state index contributed by atoms with van der Waals surface area (Å²) in [7, 11) is 0. The lowest BCUT2D eigenvalue weighted by molar-refractivity contribution is -0.136. The number of alkyl halides is 2. The lowest BCUT2D eigenvalue weighted by Crippen LogP contribution is -2.24. The number of carboxylic acids is 1. The van der Waals surface area contributed by atoms with E-state index in [2.05, 4.69) is 9.55 Å². The Bertz CT molecular complexity index is 1210. The molecule has 1 unspecified atom stereocenters. The third-order valence-electron chi connectivity index (χ3n) is 6.42. The number of benzene rings is 1. The largest absolute Gasteiger partial charge is 0.481 e.